The van der Waals surface area contributed by atoms with E-state index < -0.39 is 11.1 Å². The van der Waals surface area contributed by atoms with E-state index in [0.29, 0.717) is 5.52 Å². The number of hydrogen-bond donors (Lipinski definition) is 2. The second-order valence-electron chi connectivity index (χ2n) is 5.54. The van der Waals surface area contributed by atoms with E-state index in [1.807, 2.05) is 84.2 Å². The first-order valence-electron chi connectivity index (χ1n) is 8.24. The van der Waals surface area contributed by atoms with Crippen molar-refractivity contribution in [1.29, 1.82) is 0 Å². The van der Waals surface area contributed by atoms with Crippen LogP contribution in [0, 0.1) is 0 Å². The Morgan fingerprint density at radius 3 is 2.29 bits per heavy atom. The van der Waals surface area contributed by atoms with E-state index in [2.05, 4.69) is 10.4 Å². The van der Waals surface area contributed by atoms with Gasteiger partial charge in [0, 0.05) is 16.2 Å². The highest BCUT2D eigenvalue weighted by molar-refractivity contribution is 8.29. The molecular formula is C18H19N5S. The predicted molar refractivity (Wildman–Crippen MR) is 103 cm³/mol. The molecule has 0 fully saturated rings. The van der Waals surface area contributed by atoms with Crippen molar-refractivity contribution in [3.8, 4) is 0 Å². The molecule has 0 radical (unpaired) electrons. The van der Waals surface area contributed by atoms with Gasteiger partial charge in [0.25, 0.3) is 0 Å². The Morgan fingerprint density at radius 1 is 1.00 bits per heavy atom. The second-order valence-corrected chi connectivity index (χ2v) is 7.39. The van der Waals surface area contributed by atoms with Gasteiger partial charge in [-0.3, -0.25) is 10.4 Å². The first-order valence-corrected chi connectivity index (χ1v) is 9.03. The molecule has 0 amide bonds. The van der Waals surface area contributed by atoms with E-state index >= 15 is 0 Å². The van der Waals surface area contributed by atoms with Gasteiger partial charge in [-0.25, -0.2) is 0 Å². The molecule has 0 bridgehead atoms. The number of nitrogens with one attached hydrogen (secondary N) is 1. The van der Waals surface area contributed by atoms with Crippen LogP contribution in [0.1, 0.15) is 20.8 Å². The van der Waals surface area contributed by atoms with E-state index in [1.54, 1.807) is 0 Å². The summed E-state index contributed by atoms with van der Waals surface area (Å²) in [5, 5.41) is 6.69. The summed E-state index contributed by atoms with van der Waals surface area (Å²) in [6, 6.07) is 20.0. The monoisotopic (exact) mass is 338 g/mol. The lowest BCUT2D eigenvalue weighted by molar-refractivity contribution is 0.475. The molecule has 0 aromatic heterocycles. The number of hydrogen-bond acceptors (Lipinski definition) is 5. The zero-order valence-electron chi connectivity index (χ0n) is 14.5. The first-order chi connectivity index (χ1) is 12.1. The molecule has 2 heterocycles. The minimum absolute atomic E-state index is 0.366. The highest BCUT2D eigenvalue weighted by Gasteiger charge is 2.31. The fourth-order valence-electron chi connectivity index (χ4n) is 2.50. The molecule has 1 atom stereocenters. The van der Waals surface area contributed by atoms with E-state index in [0.717, 1.165) is 27.7 Å². The summed E-state index contributed by atoms with van der Waals surface area (Å²) in [5.41, 5.74) is 6.61. The van der Waals surface area contributed by atoms with E-state index in [4.69, 9.17) is 6.47 Å². The van der Waals surface area contributed by atoms with Crippen molar-refractivity contribution < 1.29 is 1.37 Å². The average molecular weight is 338 g/mol. The molecule has 1 N–H and O–H groups in total. The van der Waals surface area contributed by atoms with Crippen LogP contribution in [-0.4, -0.2) is 15.9 Å². The molecule has 6 heteroatoms. The lowest BCUT2D eigenvalue weighted by Gasteiger charge is -2.33. The molecule has 2 aromatic rings. The van der Waals surface area contributed by atoms with Gasteiger partial charge in [-0.1, -0.05) is 59.6 Å². The van der Waals surface area contributed by atoms with Crippen molar-refractivity contribution in [2.24, 2.45) is 10.1 Å². The Balaban J connectivity index is 1.76. The zero-order valence-corrected chi connectivity index (χ0v) is 14.4. The third-order valence-corrected chi connectivity index (χ3v) is 5.84. The molecule has 0 spiro atoms. The van der Waals surface area contributed by atoms with Crippen LogP contribution in [0.3, 0.4) is 0 Å². The summed E-state index contributed by atoms with van der Waals surface area (Å²) in [5.74, 6) is 0.761. The zero-order chi connectivity index (χ0) is 17.4. The summed E-state index contributed by atoms with van der Waals surface area (Å²) < 4.78 is 10.2. The lowest BCUT2D eigenvalue weighted by Crippen LogP contribution is -2.43. The van der Waals surface area contributed by atoms with E-state index in [1.165, 1.54) is 0 Å². The Labute approximate surface area is 145 Å². The standard InChI is InChI=1S/C18H19N5S/c1-14-15(2)24(13-19-14)23-21-18(16-9-5-3-6-10-16)20-22(23)17-11-7-4-8-12-17/h3-13,24H,1-2H3,(H,20,21)/i13D. The topological polar surface area (TPSA) is 43.2 Å². The van der Waals surface area contributed by atoms with Gasteiger partial charge in [0.2, 0.25) is 0 Å². The molecule has 2 aliphatic rings. The Morgan fingerprint density at radius 2 is 1.67 bits per heavy atom. The van der Waals surface area contributed by atoms with Crippen molar-refractivity contribution in [3.05, 3.63) is 76.8 Å². The summed E-state index contributed by atoms with van der Waals surface area (Å²) >= 11 is -1.08. The third kappa shape index (κ3) is 2.55. The van der Waals surface area contributed by atoms with Gasteiger partial charge in [-0.05, 0) is 26.0 Å². The number of thiol groups is 1. The summed E-state index contributed by atoms with van der Waals surface area (Å²) in [7, 11) is 0. The maximum absolute atomic E-state index is 8.31. The van der Waals surface area contributed by atoms with Gasteiger partial charge in [0.05, 0.1) is 12.6 Å². The second kappa shape index (κ2) is 6.05. The fraction of sp³-hybridized carbons (Fsp3) is 0.111. The molecule has 0 saturated carbocycles. The molecule has 1 unspecified atom stereocenters. The minimum atomic E-state index is -1.08. The summed E-state index contributed by atoms with van der Waals surface area (Å²) in [4.78, 5) is 5.45. The third-order valence-electron chi connectivity index (χ3n) is 3.96. The Hall–Kier alpha value is -2.73. The largest absolute Gasteiger partial charge is 0.258 e. The average Bonchev–Trinajstić information content (AvgIpc) is 3.18. The van der Waals surface area contributed by atoms with Gasteiger partial charge < -0.3 is 0 Å². The highest BCUT2D eigenvalue weighted by atomic mass is 32.2. The van der Waals surface area contributed by atoms with Crippen LogP contribution in [0.25, 0.3) is 0 Å². The van der Waals surface area contributed by atoms with Crippen LogP contribution in [0.4, 0.5) is 5.69 Å². The SMILES string of the molecule is [2H]C1=NC(C)=C(C)[SH]1N1N=C(c2ccccc2)NN1c1ccccc1. The van der Waals surface area contributed by atoms with Crippen LogP contribution >= 0.6 is 11.1 Å². The van der Waals surface area contributed by atoms with Gasteiger partial charge in [0.15, 0.2) is 5.84 Å². The highest BCUT2D eigenvalue weighted by Crippen LogP contribution is 2.45. The number of rotatable bonds is 3. The van der Waals surface area contributed by atoms with Crippen LogP contribution in [0.15, 0.2) is 81.4 Å². The van der Waals surface area contributed by atoms with Crippen molar-refractivity contribution in [1.82, 2.24) is 9.95 Å². The van der Waals surface area contributed by atoms with Crippen molar-refractivity contribution in [2.75, 3.05) is 5.12 Å². The van der Waals surface area contributed by atoms with Crippen molar-refractivity contribution in [2.45, 2.75) is 13.8 Å². The smallest absolute Gasteiger partial charge is 0.176 e. The number of allylic oxidation sites excluding steroid dienone is 2. The number of hydrazone groups is 1. The van der Waals surface area contributed by atoms with Crippen molar-refractivity contribution >= 4 is 28.1 Å². The minimum Gasteiger partial charge on any atom is -0.258 e. The van der Waals surface area contributed by atoms with Crippen LogP contribution in [0.2, 0.25) is 0 Å². The predicted octanol–water partition coefficient (Wildman–Crippen LogP) is 3.80. The fourth-order valence-corrected chi connectivity index (χ4v) is 4.10. The summed E-state index contributed by atoms with van der Waals surface area (Å²) in [6.45, 7) is 3.98. The molecule has 0 saturated heterocycles. The normalized spacial score (nSPS) is 22.2. The number of benzene rings is 2. The quantitative estimate of drug-likeness (QED) is 0.837. The number of para-hydroxylation sites is 1. The molecule has 0 aliphatic carbocycles. The van der Waals surface area contributed by atoms with Crippen LogP contribution in [0.5, 0.6) is 0 Å². The Kier molecular flexibility index (Phi) is 3.45. The molecule has 122 valence electrons. The van der Waals surface area contributed by atoms with Gasteiger partial charge in [-0.15, -0.1) is 9.62 Å². The van der Waals surface area contributed by atoms with E-state index in [-0.39, 0.29) is 0 Å². The molecule has 2 aliphatic heterocycles. The number of aliphatic imine (C=N–C) groups is 1. The number of hydrazine groups is 2. The first kappa shape index (κ1) is 13.7. The van der Waals surface area contributed by atoms with Gasteiger partial charge in [0.1, 0.15) is 0 Å². The maximum Gasteiger partial charge on any atom is 0.176 e. The summed E-state index contributed by atoms with van der Waals surface area (Å²) in [6.07, 6.45) is 0. The maximum atomic E-state index is 8.31. The van der Waals surface area contributed by atoms with Gasteiger partial charge in [-0.2, -0.15) is 5.12 Å². The molecule has 2 aromatic carbocycles. The molecule has 24 heavy (non-hydrogen) atoms. The Bertz CT molecular complexity index is 879. The number of amidine groups is 1. The number of anilines is 1. The van der Waals surface area contributed by atoms with Crippen LogP contribution < -0.4 is 10.5 Å². The number of nitrogens with zero attached hydrogens (tertiary/aromatic N) is 4. The van der Waals surface area contributed by atoms with Crippen LogP contribution in [-0.2, 0) is 0 Å². The molecular weight excluding hydrogens is 318 g/mol. The molecule has 5 nitrogen and oxygen atoms in total. The van der Waals surface area contributed by atoms with Crippen molar-refractivity contribution in [3.63, 3.8) is 0 Å². The van der Waals surface area contributed by atoms with E-state index in [9.17, 15) is 0 Å². The lowest BCUT2D eigenvalue weighted by atomic mass is 10.2. The van der Waals surface area contributed by atoms with Gasteiger partial charge >= 0.3 is 0 Å². The molecule has 4 rings (SSSR count).